The summed E-state index contributed by atoms with van der Waals surface area (Å²) in [4.78, 5) is 31.8. The van der Waals surface area contributed by atoms with Gasteiger partial charge in [0.2, 0.25) is 0 Å². The van der Waals surface area contributed by atoms with E-state index in [0.717, 1.165) is 25.7 Å². The first-order valence-corrected chi connectivity index (χ1v) is 13.6. The van der Waals surface area contributed by atoms with E-state index in [1.54, 1.807) is 53.4 Å². The maximum absolute atomic E-state index is 13.1. The van der Waals surface area contributed by atoms with Gasteiger partial charge in [0.1, 0.15) is 29.1 Å². The fourth-order valence-corrected chi connectivity index (χ4v) is 5.10. The van der Waals surface area contributed by atoms with Crippen molar-refractivity contribution < 1.29 is 23.5 Å². The molecule has 1 aliphatic heterocycles. The third-order valence-corrected chi connectivity index (χ3v) is 7.38. The molecule has 40 heavy (non-hydrogen) atoms. The van der Waals surface area contributed by atoms with Gasteiger partial charge < -0.3 is 19.7 Å². The van der Waals surface area contributed by atoms with Crippen LogP contribution in [-0.2, 0) is 0 Å². The third-order valence-electron chi connectivity index (χ3n) is 7.38. The van der Waals surface area contributed by atoms with Gasteiger partial charge in [-0.1, -0.05) is 0 Å². The molecule has 9 heteroatoms. The van der Waals surface area contributed by atoms with E-state index in [1.165, 1.54) is 18.3 Å². The Bertz CT molecular complexity index is 1340. The summed E-state index contributed by atoms with van der Waals surface area (Å²) in [6.07, 6.45) is 6.05. The molecule has 1 aromatic heterocycles. The van der Waals surface area contributed by atoms with Gasteiger partial charge in [-0.3, -0.25) is 14.6 Å². The summed E-state index contributed by atoms with van der Waals surface area (Å²) < 4.78 is 25.0. The van der Waals surface area contributed by atoms with E-state index in [9.17, 15) is 14.0 Å². The quantitative estimate of drug-likeness (QED) is 0.456. The van der Waals surface area contributed by atoms with Crippen LogP contribution in [0.25, 0.3) is 0 Å². The number of halogens is 1. The van der Waals surface area contributed by atoms with E-state index in [2.05, 4.69) is 16.4 Å². The number of nitrogens with one attached hydrogen (secondary N) is 1. The van der Waals surface area contributed by atoms with Crippen LogP contribution in [0.15, 0.2) is 66.9 Å². The number of nitriles is 1. The first kappa shape index (κ1) is 27.1. The molecule has 0 radical (unpaired) electrons. The van der Waals surface area contributed by atoms with Crippen LogP contribution in [0.4, 0.5) is 4.39 Å². The zero-order chi connectivity index (χ0) is 27.9. The predicted molar refractivity (Wildman–Crippen MR) is 145 cm³/mol. The van der Waals surface area contributed by atoms with Crippen LogP contribution in [0.3, 0.4) is 0 Å². The van der Waals surface area contributed by atoms with Crippen LogP contribution in [-0.4, -0.2) is 53.0 Å². The van der Waals surface area contributed by atoms with Crippen LogP contribution in [0, 0.1) is 17.1 Å². The van der Waals surface area contributed by atoms with Crippen molar-refractivity contribution in [3.63, 3.8) is 0 Å². The van der Waals surface area contributed by atoms with E-state index in [-0.39, 0.29) is 41.6 Å². The van der Waals surface area contributed by atoms with Gasteiger partial charge in [0.15, 0.2) is 0 Å². The maximum atomic E-state index is 13.1. The molecular formula is C31H31FN4O4. The van der Waals surface area contributed by atoms with Crippen molar-refractivity contribution in [3.05, 3.63) is 89.5 Å². The fraction of sp³-hybridized carbons (Fsp3) is 0.355. The molecular weight excluding hydrogens is 511 g/mol. The molecule has 1 aliphatic carbocycles. The highest BCUT2D eigenvalue weighted by Gasteiger charge is 2.26. The molecule has 2 heterocycles. The maximum Gasteiger partial charge on any atom is 0.270 e. The lowest BCUT2D eigenvalue weighted by Gasteiger charge is -2.32. The lowest BCUT2D eigenvalue weighted by molar-refractivity contribution is 0.0594. The zero-order valence-electron chi connectivity index (χ0n) is 22.1. The Balaban J connectivity index is 1.05. The second-order valence-corrected chi connectivity index (χ2v) is 10.2. The Kier molecular flexibility index (Phi) is 8.55. The number of ether oxygens (including phenoxy) is 2. The average molecular weight is 543 g/mol. The molecule has 206 valence electrons. The highest BCUT2D eigenvalue weighted by atomic mass is 19.1. The van der Waals surface area contributed by atoms with Crippen molar-refractivity contribution >= 4 is 11.8 Å². The molecule has 1 saturated heterocycles. The fourth-order valence-electron chi connectivity index (χ4n) is 5.10. The lowest BCUT2D eigenvalue weighted by atomic mass is 9.92. The second-order valence-electron chi connectivity index (χ2n) is 10.2. The van der Waals surface area contributed by atoms with Crippen molar-refractivity contribution in [3.8, 4) is 17.6 Å². The van der Waals surface area contributed by atoms with Crippen molar-refractivity contribution in [2.45, 2.75) is 56.8 Å². The Morgan fingerprint density at radius 2 is 1.45 bits per heavy atom. The summed E-state index contributed by atoms with van der Waals surface area (Å²) in [5.74, 6) is 0.692. The minimum Gasteiger partial charge on any atom is -0.490 e. The van der Waals surface area contributed by atoms with Crippen LogP contribution in [0.1, 0.15) is 64.9 Å². The number of aromatic nitrogens is 1. The zero-order valence-corrected chi connectivity index (χ0v) is 22.1. The minimum absolute atomic E-state index is 0.00530. The minimum atomic E-state index is -0.295. The number of nitrogens with zero attached hydrogens (tertiary/aromatic N) is 3. The smallest absolute Gasteiger partial charge is 0.270 e. The highest BCUT2D eigenvalue weighted by Crippen LogP contribution is 2.25. The molecule has 0 bridgehead atoms. The third kappa shape index (κ3) is 6.94. The van der Waals surface area contributed by atoms with Gasteiger partial charge in [-0.15, -0.1) is 0 Å². The van der Waals surface area contributed by atoms with Gasteiger partial charge in [0.05, 0.1) is 23.3 Å². The Hall–Kier alpha value is -4.45. The van der Waals surface area contributed by atoms with Crippen LogP contribution >= 0.6 is 0 Å². The van der Waals surface area contributed by atoms with Gasteiger partial charge in [-0.25, -0.2) is 4.39 Å². The van der Waals surface area contributed by atoms with Gasteiger partial charge in [-0.05, 0) is 86.3 Å². The number of carbonyl (C=O) groups is 2. The monoisotopic (exact) mass is 542 g/mol. The molecule has 0 atom stereocenters. The number of benzene rings is 2. The molecule has 0 spiro atoms. The molecule has 2 aliphatic rings. The first-order valence-electron chi connectivity index (χ1n) is 13.6. The number of hydrogen-bond donors (Lipinski definition) is 1. The molecule has 2 amide bonds. The molecule has 2 fully saturated rings. The van der Waals surface area contributed by atoms with Crippen molar-refractivity contribution in [1.82, 2.24) is 15.2 Å². The predicted octanol–water partition coefficient (Wildman–Crippen LogP) is 4.90. The Morgan fingerprint density at radius 1 is 0.850 bits per heavy atom. The van der Waals surface area contributed by atoms with E-state index in [1.807, 2.05) is 0 Å². The molecule has 1 N–H and O–H groups in total. The van der Waals surface area contributed by atoms with Gasteiger partial charge in [0.25, 0.3) is 11.8 Å². The topological polar surface area (TPSA) is 105 Å². The van der Waals surface area contributed by atoms with E-state index >= 15 is 0 Å². The number of piperidine rings is 1. The number of amides is 2. The highest BCUT2D eigenvalue weighted by molar-refractivity contribution is 5.96. The number of hydrogen-bond acceptors (Lipinski definition) is 6. The average Bonchev–Trinajstić information content (AvgIpc) is 3.00. The van der Waals surface area contributed by atoms with Crippen LogP contribution in [0.2, 0.25) is 0 Å². The lowest BCUT2D eigenvalue weighted by Crippen LogP contribution is -2.42. The van der Waals surface area contributed by atoms with Gasteiger partial charge in [-0.2, -0.15) is 5.26 Å². The summed E-state index contributed by atoms with van der Waals surface area (Å²) in [5, 5.41) is 12.0. The Labute approximate surface area is 232 Å². The summed E-state index contributed by atoms with van der Waals surface area (Å²) in [6.45, 7) is 1.13. The summed E-state index contributed by atoms with van der Waals surface area (Å²) in [6, 6.07) is 18.4. The number of carbonyl (C=O) groups excluding carboxylic acids is 2. The van der Waals surface area contributed by atoms with Gasteiger partial charge >= 0.3 is 0 Å². The summed E-state index contributed by atoms with van der Waals surface area (Å²) in [7, 11) is 0. The second kappa shape index (κ2) is 12.6. The standard InChI is InChI=1S/C31H31FN4O4/c32-23-4-10-26(11-5-23)39-27-12-6-24(7-13-27)35-30(37)29-14-3-22(20-34-29)31(38)36-17-15-28(16-18-36)40-25-8-1-21(19-33)2-9-25/h1-5,8-11,14,20,24,27-28H,6-7,12-13,15-18H2,(H,35,37)/t24-,27+. The SMILES string of the molecule is N#Cc1ccc(OC2CCN(C(=O)c3ccc(C(=O)N[C@H]4CC[C@@H](Oc5ccc(F)cc5)CC4)nc3)CC2)cc1. The summed E-state index contributed by atoms with van der Waals surface area (Å²) >= 11 is 0. The summed E-state index contributed by atoms with van der Waals surface area (Å²) in [5.41, 5.74) is 1.30. The Morgan fingerprint density at radius 3 is 2.02 bits per heavy atom. The molecule has 3 aromatic rings. The van der Waals surface area contributed by atoms with Crippen molar-refractivity contribution in [2.24, 2.45) is 0 Å². The molecule has 5 rings (SSSR count). The molecule has 1 saturated carbocycles. The molecule has 0 unspecified atom stereocenters. The van der Waals surface area contributed by atoms with E-state index < -0.39 is 0 Å². The largest absolute Gasteiger partial charge is 0.490 e. The van der Waals surface area contributed by atoms with Crippen LogP contribution in [0.5, 0.6) is 11.5 Å². The number of pyridine rings is 1. The molecule has 8 nitrogen and oxygen atoms in total. The first-order chi connectivity index (χ1) is 19.5. The number of rotatable bonds is 7. The number of likely N-dealkylation sites (tertiary alicyclic amines) is 1. The van der Waals surface area contributed by atoms with Crippen molar-refractivity contribution in [2.75, 3.05) is 13.1 Å². The van der Waals surface area contributed by atoms with Crippen molar-refractivity contribution in [1.29, 1.82) is 5.26 Å². The van der Waals surface area contributed by atoms with E-state index in [4.69, 9.17) is 14.7 Å². The molecule has 2 aromatic carbocycles. The van der Waals surface area contributed by atoms with E-state index in [0.29, 0.717) is 48.6 Å². The normalized spacial score (nSPS) is 19.4. The van der Waals surface area contributed by atoms with Crippen LogP contribution < -0.4 is 14.8 Å². The van der Waals surface area contributed by atoms with Gasteiger partial charge in [0, 0.05) is 38.2 Å².